The maximum Gasteiger partial charge on any atom is 0.169 e. The van der Waals surface area contributed by atoms with E-state index in [9.17, 15) is 5.26 Å². The second-order valence-electron chi connectivity index (χ2n) is 10.2. The first-order valence-electron chi connectivity index (χ1n) is 13.9. The first-order chi connectivity index (χ1) is 20.8. The van der Waals surface area contributed by atoms with Gasteiger partial charge in [0.25, 0.3) is 0 Å². The van der Waals surface area contributed by atoms with Gasteiger partial charge >= 0.3 is 0 Å². The Morgan fingerprint density at radius 2 is 1.12 bits per heavy atom. The Labute approximate surface area is 245 Å². The molecule has 0 radical (unpaired) electrons. The second-order valence-corrected chi connectivity index (χ2v) is 10.2. The number of benzene rings is 6. The smallest absolute Gasteiger partial charge is 0.169 e. The summed E-state index contributed by atoms with van der Waals surface area (Å²) in [7, 11) is 0. The predicted octanol–water partition coefficient (Wildman–Crippen LogP) is 8.54. The first kappa shape index (κ1) is 25.2. The standard InChI is InChI=1S/C38H26N4/c39-25-32-14-7-8-16-33(32)31-22-23-35-30(24-31)15-9-17-34(35)26-18-20-29(21-19-26)38-41-36(27-10-3-1-4-11-27)40-37(42-38)28-12-5-2-6-13-28/h1-24,38H,(H,40,41,42). The van der Waals surface area contributed by atoms with Gasteiger partial charge < -0.3 is 5.32 Å². The third-order valence-corrected chi connectivity index (χ3v) is 7.59. The van der Waals surface area contributed by atoms with Crippen molar-refractivity contribution < 1.29 is 0 Å². The van der Waals surface area contributed by atoms with Crippen LogP contribution in [0, 0.1) is 11.3 Å². The summed E-state index contributed by atoms with van der Waals surface area (Å²) in [5, 5.41) is 15.3. The quantitative estimate of drug-likeness (QED) is 0.239. The van der Waals surface area contributed by atoms with E-state index < -0.39 is 0 Å². The Morgan fingerprint density at radius 3 is 1.79 bits per heavy atom. The summed E-state index contributed by atoms with van der Waals surface area (Å²) in [5.74, 6) is 1.61. The van der Waals surface area contributed by atoms with E-state index in [0.717, 1.165) is 56.0 Å². The molecule has 0 atom stereocenters. The Morgan fingerprint density at radius 1 is 0.524 bits per heavy atom. The summed E-state index contributed by atoms with van der Waals surface area (Å²) < 4.78 is 0. The number of nitrogens with zero attached hydrogens (tertiary/aromatic N) is 3. The maximum absolute atomic E-state index is 9.58. The molecular formula is C38H26N4. The first-order valence-corrected chi connectivity index (χ1v) is 13.9. The van der Waals surface area contributed by atoms with Crippen molar-refractivity contribution in [2.75, 3.05) is 0 Å². The highest BCUT2D eigenvalue weighted by molar-refractivity contribution is 6.15. The minimum Gasteiger partial charge on any atom is -0.324 e. The topological polar surface area (TPSA) is 60.5 Å². The third-order valence-electron chi connectivity index (χ3n) is 7.59. The van der Waals surface area contributed by atoms with Crippen molar-refractivity contribution in [2.24, 2.45) is 9.98 Å². The van der Waals surface area contributed by atoms with Crippen LogP contribution in [0.1, 0.15) is 28.4 Å². The van der Waals surface area contributed by atoms with E-state index in [0.29, 0.717) is 5.56 Å². The van der Waals surface area contributed by atoms with Gasteiger partial charge in [0.1, 0.15) is 11.7 Å². The summed E-state index contributed by atoms with van der Waals surface area (Å²) in [4.78, 5) is 10.00. The fourth-order valence-electron chi connectivity index (χ4n) is 5.45. The normalized spacial score (nSPS) is 13.1. The molecule has 7 rings (SSSR count). The van der Waals surface area contributed by atoms with Crippen LogP contribution < -0.4 is 5.32 Å². The van der Waals surface area contributed by atoms with Crippen molar-refractivity contribution in [1.29, 1.82) is 5.26 Å². The highest BCUT2D eigenvalue weighted by atomic mass is 15.2. The van der Waals surface area contributed by atoms with Crippen molar-refractivity contribution in [2.45, 2.75) is 6.17 Å². The van der Waals surface area contributed by atoms with Crippen LogP contribution in [-0.4, -0.2) is 11.7 Å². The van der Waals surface area contributed by atoms with Gasteiger partial charge in [-0.05, 0) is 50.7 Å². The molecule has 4 nitrogen and oxygen atoms in total. The molecule has 1 N–H and O–H groups in total. The zero-order chi connectivity index (χ0) is 28.3. The fraction of sp³-hybridized carbons (Fsp3) is 0.0263. The van der Waals surface area contributed by atoms with E-state index >= 15 is 0 Å². The lowest BCUT2D eigenvalue weighted by atomic mass is 9.93. The Bertz CT molecular complexity index is 1950. The molecule has 4 heteroatoms. The molecule has 0 fully saturated rings. The summed E-state index contributed by atoms with van der Waals surface area (Å²) in [5.41, 5.74) is 8.02. The number of aliphatic imine (C=N–C) groups is 2. The van der Waals surface area contributed by atoms with Gasteiger partial charge in [0.2, 0.25) is 0 Å². The molecule has 0 aromatic heterocycles. The number of nitriles is 1. The van der Waals surface area contributed by atoms with Crippen LogP contribution in [0.4, 0.5) is 0 Å². The van der Waals surface area contributed by atoms with Gasteiger partial charge in [-0.2, -0.15) is 5.26 Å². The number of nitrogens with one attached hydrogen (secondary N) is 1. The molecule has 0 saturated heterocycles. The van der Waals surface area contributed by atoms with Crippen LogP contribution in [0.2, 0.25) is 0 Å². The van der Waals surface area contributed by atoms with Crippen LogP contribution in [0.15, 0.2) is 156 Å². The zero-order valence-corrected chi connectivity index (χ0v) is 22.8. The van der Waals surface area contributed by atoms with Gasteiger partial charge in [-0.1, -0.05) is 133 Å². The third kappa shape index (κ3) is 4.85. The number of hydrogen-bond donors (Lipinski definition) is 1. The van der Waals surface area contributed by atoms with Crippen LogP contribution in [-0.2, 0) is 0 Å². The molecule has 42 heavy (non-hydrogen) atoms. The van der Waals surface area contributed by atoms with E-state index in [1.165, 1.54) is 5.39 Å². The maximum atomic E-state index is 9.58. The number of hydrogen-bond acceptors (Lipinski definition) is 4. The highest BCUT2D eigenvalue weighted by Gasteiger charge is 2.20. The Balaban J connectivity index is 1.24. The lowest BCUT2D eigenvalue weighted by molar-refractivity contribution is 0.756. The number of amidine groups is 2. The largest absolute Gasteiger partial charge is 0.324 e. The fourth-order valence-corrected chi connectivity index (χ4v) is 5.45. The van der Waals surface area contributed by atoms with E-state index in [1.54, 1.807) is 0 Å². The second kappa shape index (κ2) is 11.0. The van der Waals surface area contributed by atoms with Gasteiger partial charge in [-0.15, -0.1) is 0 Å². The monoisotopic (exact) mass is 538 g/mol. The number of rotatable bonds is 5. The molecule has 1 aliphatic heterocycles. The van der Waals surface area contributed by atoms with Crippen LogP contribution >= 0.6 is 0 Å². The molecule has 0 saturated carbocycles. The molecule has 0 amide bonds. The van der Waals surface area contributed by atoms with Crippen LogP contribution in [0.5, 0.6) is 0 Å². The molecule has 0 spiro atoms. The van der Waals surface area contributed by atoms with E-state index in [4.69, 9.17) is 9.98 Å². The molecule has 6 aromatic carbocycles. The van der Waals surface area contributed by atoms with Crippen molar-refractivity contribution in [3.05, 3.63) is 168 Å². The lowest BCUT2D eigenvalue weighted by Gasteiger charge is -2.22. The van der Waals surface area contributed by atoms with E-state index in [2.05, 4.69) is 96.3 Å². The summed E-state index contributed by atoms with van der Waals surface area (Å²) in [6, 6.07) is 51.7. The van der Waals surface area contributed by atoms with Gasteiger partial charge in [-0.3, -0.25) is 0 Å². The highest BCUT2D eigenvalue weighted by Crippen LogP contribution is 2.34. The summed E-state index contributed by atoms with van der Waals surface area (Å²) >= 11 is 0. The van der Waals surface area contributed by atoms with Crippen LogP contribution in [0.25, 0.3) is 33.0 Å². The van der Waals surface area contributed by atoms with Crippen LogP contribution in [0.3, 0.4) is 0 Å². The molecule has 0 bridgehead atoms. The molecule has 1 aliphatic rings. The average molecular weight is 539 g/mol. The van der Waals surface area contributed by atoms with Gasteiger partial charge in [-0.25, -0.2) is 9.98 Å². The molecule has 6 aromatic rings. The average Bonchev–Trinajstić information content (AvgIpc) is 3.08. The van der Waals surface area contributed by atoms with Gasteiger partial charge in [0.05, 0.1) is 11.6 Å². The van der Waals surface area contributed by atoms with E-state index in [-0.39, 0.29) is 6.17 Å². The predicted molar refractivity (Wildman–Crippen MR) is 171 cm³/mol. The Kier molecular flexibility index (Phi) is 6.60. The minimum absolute atomic E-state index is 0.360. The number of fused-ring (bicyclic) bond motifs is 1. The summed E-state index contributed by atoms with van der Waals surface area (Å²) in [6.45, 7) is 0. The molecule has 198 valence electrons. The summed E-state index contributed by atoms with van der Waals surface area (Å²) in [6.07, 6.45) is -0.360. The Hall–Kier alpha value is -5.79. The van der Waals surface area contributed by atoms with Crippen molar-refractivity contribution in [1.82, 2.24) is 5.32 Å². The molecule has 1 heterocycles. The lowest BCUT2D eigenvalue weighted by Crippen LogP contribution is -2.35. The molecular weight excluding hydrogens is 512 g/mol. The van der Waals surface area contributed by atoms with Gasteiger partial charge in [0.15, 0.2) is 6.17 Å². The van der Waals surface area contributed by atoms with Gasteiger partial charge in [0, 0.05) is 11.1 Å². The van der Waals surface area contributed by atoms with Crippen molar-refractivity contribution >= 4 is 22.4 Å². The molecule has 0 aliphatic carbocycles. The SMILES string of the molecule is N#Cc1ccccc1-c1ccc2c(-c3ccc(C4N=C(c5ccccc5)NC(c5ccccc5)=N4)cc3)cccc2c1. The minimum atomic E-state index is -0.360. The van der Waals surface area contributed by atoms with E-state index in [1.807, 2.05) is 60.7 Å². The molecule has 0 unspecified atom stereocenters. The zero-order valence-electron chi connectivity index (χ0n) is 22.8. The van der Waals surface area contributed by atoms with Crippen molar-refractivity contribution in [3.8, 4) is 28.3 Å². The van der Waals surface area contributed by atoms with Crippen molar-refractivity contribution in [3.63, 3.8) is 0 Å².